The summed E-state index contributed by atoms with van der Waals surface area (Å²) in [6.07, 6.45) is 1.11. The van der Waals surface area contributed by atoms with Gasteiger partial charge in [-0.2, -0.15) is 11.3 Å². The summed E-state index contributed by atoms with van der Waals surface area (Å²) in [5, 5.41) is 17.0. The van der Waals surface area contributed by atoms with Gasteiger partial charge in [0, 0.05) is 26.4 Å². The number of anilines is 1. The van der Waals surface area contributed by atoms with Crippen LogP contribution in [0.15, 0.2) is 21.2 Å². The maximum atomic E-state index is 4.16. The highest BCUT2D eigenvalue weighted by molar-refractivity contribution is 8.01. The second-order valence-electron chi connectivity index (χ2n) is 4.23. The molecule has 0 saturated carbocycles. The summed E-state index contributed by atoms with van der Waals surface area (Å²) >= 11 is 5.17. The Labute approximate surface area is 126 Å². The molecule has 104 valence electrons. The number of thiophene rings is 1. The van der Waals surface area contributed by atoms with Crippen molar-refractivity contribution in [3.63, 3.8) is 0 Å². The molecule has 1 N–H and O–H groups in total. The van der Waals surface area contributed by atoms with E-state index in [4.69, 9.17) is 0 Å². The van der Waals surface area contributed by atoms with E-state index in [0.29, 0.717) is 0 Å². The van der Waals surface area contributed by atoms with Crippen molar-refractivity contribution >= 4 is 39.6 Å². The van der Waals surface area contributed by atoms with Gasteiger partial charge in [0.05, 0.1) is 0 Å². The number of rotatable bonds is 8. The third-order valence-corrected chi connectivity index (χ3v) is 5.41. The van der Waals surface area contributed by atoms with Gasteiger partial charge in [0.15, 0.2) is 4.34 Å². The molecule has 0 aliphatic rings. The van der Waals surface area contributed by atoms with Crippen molar-refractivity contribution in [3.05, 3.63) is 22.4 Å². The Balaban J connectivity index is 1.56. The molecule has 19 heavy (non-hydrogen) atoms. The fraction of sp³-hybridized carbons (Fsp3) is 0.500. The zero-order valence-electron chi connectivity index (χ0n) is 11.1. The minimum absolute atomic E-state index is 0.966. The van der Waals surface area contributed by atoms with Crippen LogP contribution < -0.4 is 10.2 Å². The van der Waals surface area contributed by atoms with E-state index in [-0.39, 0.29) is 0 Å². The van der Waals surface area contributed by atoms with Gasteiger partial charge < -0.3 is 10.2 Å². The van der Waals surface area contributed by atoms with Crippen molar-refractivity contribution in [1.29, 1.82) is 0 Å². The smallest absolute Gasteiger partial charge is 0.208 e. The molecule has 0 spiro atoms. The van der Waals surface area contributed by atoms with Crippen LogP contribution in [0.25, 0.3) is 0 Å². The number of hydrogen-bond acceptors (Lipinski definition) is 7. The molecule has 0 aromatic carbocycles. The molecule has 2 aromatic rings. The minimum atomic E-state index is 0.966. The Bertz CT molecular complexity index is 467. The maximum absolute atomic E-state index is 4.16. The molecular formula is C12H18N4S3. The Morgan fingerprint density at radius 2 is 2.21 bits per heavy atom. The summed E-state index contributed by atoms with van der Waals surface area (Å²) in [6.45, 7) is 2.04. The lowest BCUT2D eigenvalue weighted by atomic mass is 10.2. The third-order valence-electron chi connectivity index (χ3n) is 2.45. The largest absolute Gasteiger partial charge is 0.353 e. The van der Waals surface area contributed by atoms with Crippen LogP contribution in [0, 0.1) is 0 Å². The minimum Gasteiger partial charge on any atom is -0.353 e. The highest BCUT2D eigenvalue weighted by Crippen LogP contribution is 2.26. The molecule has 0 aliphatic carbocycles. The molecule has 0 radical (unpaired) electrons. The van der Waals surface area contributed by atoms with Crippen molar-refractivity contribution in [2.24, 2.45) is 0 Å². The van der Waals surface area contributed by atoms with Crippen molar-refractivity contribution in [1.82, 2.24) is 15.5 Å². The van der Waals surface area contributed by atoms with E-state index in [1.165, 1.54) is 5.56 Å². The monoisotopic (exact) mass is 314 g/mol. The lowest BCUT2D eigenvalue weighted by molar-refractivity contribution is 0.722. The fourth-order valence-corrected chi connectivity index (χ4v) is 3.88. The van der Waals surface area contributed by atoms with Crippen LogP contribution in [0.1, 0.15) is 5.56 Å². The number of aromatic nitrogens is 2. The van der Waals surface area contributed by atoms with E-state index in [0.717, 1.165) is 34.7 Å². The summed E-state index contributed by atoms with van der Waals surface area (Å²) in [5.41, 5.74) is 1.42. The molecular weight excluding hydrogens is 296 g/mol. The lowest BCUT2D eigenvalue weighted by Gasteiger charge is -2.04. The summed E-state index contributed by atoms with van der Waals surface area (Å²) in [6, 6.07) is 2.19. The maximum Gasteiger partial charge on any atom is 0.208 e. The van der Waals surface area contributed by atoms with Gasteiger partial charge >= 0.3 is 0 Å². The second kappa shape index (κ2) is 7.84. The molecule has 4 nitrogen and oxygen atoms in total. The predicted molar refractivity (Wildman–Crippen MR) is 85.9 cm³/mol. The molecule has 0 aliphatic heterocycles. The summed E-state index contributed by atoms with van der Waals surface area (Å²) in [5.74, 6) is 1.03. The van der Waals surface area contributed by atoms with Crippen LogP contribution in [0.4, 0.5) is 5.13 Å². The third kappa shape index (κ3) is 5.10. The molecule has 2 rings (SSSR count). The predicted octanol–water partition coefficient (Wildman–Crippen LogP) is 2.59. The van der Waals surface area contributed by atoms with Crippen molar-refractivity contribution in [2.75, 3.05) is 37.8 Å². The summed E-state index contributed by atoms with van der Waals surface area (Å²) < 4.78 is 1.04. The summed E-state index contributed by atoms with van der Waals surface area (Å²) in [4.78, 5) is 1.99. The fourth-order valence-electron chi connectivity index (χ4n) is 1.44. The van der Waals surface area contributed by atoms with Gasteiger partial charge in [-0.1, -0.05) is 23.1 Å². The molecule has 0 bridgehead atoms. The second-order valence-corrected chi connectivity index (χ2v) is 7.30. The molecule has 0 amide bonds. The van der Waals surface area contributed by atoms with Crippen LogP contribution in [-0.4, -0.2) is 43.1 Å². The highest BCUT2D eigenvalue weighted by Gasteiger charge is 2.05. The zero-order valence-corrected chi connectivity index (χ0v) is 13.6. The van der Waals surface area contributed by atoms with Gasteiger partial charge in [0.2, 0.25) is 5.13 Å². The Hall–Kier alpha value is -0.630. The van der Waals surface area contributed by atoms with E-state index in [2.05, 4.69) is 32.3 Å². The molecule has 0 unspecified atom stereocenters. The molecule has 0 atom stereocenters. The van der Waals surface area contributed by atoms with E-state index < -0.39 is 0 Å². The summed E-state index contributed by atoms with van der Waals surface area (Å²) in [7, 11) is 3.97. The van der Waals surface area contributed by atoms with E-state index in [1.54, 1.807) is 34.4 Å². The van der Waals surface area contributed by atoms with Gasteiger partial charge in [-0.25, -0.2) is 0 Å². The molecule has 2 aromatic heterocycles. The molecule has 0 saturated heterocycles. The van der Waals surface area contributed by atoms with Crippen LogP contribution in [0.5, 0.6) is 0 Å². The highest BCUT2D eigenvalue weighted by atomic mass is 32.2. The molecule has 2 heterocycles. The van der Waals surface area contributed by atoms with Crippen LogP contribution in [0.3, 0.4) is 0 Å². The number of nitrogens with one attached hydrogen (secondary N) is 1. The average Bonchev–Trinajstić information content (AvgIpc) is 3.04. The molecule has 7 heteroatoms. The number of hydrogen-bond donors (Lipinski definition) is 1. The topological polar surface area (TPSA) is 41.1 Å². The van der Waals surface area contributed by atoms with Crippen molar-refractivity contribution in [3.8, 4) is 0 Å². The Morgan fingerprint density at radius 1 is 1.32 bits per heavy atom. The first kappa shape index (κ1) is 14.8. The quantitative estimate of drug-likeness (QED) is 0.599. The molecule has 0 fully saturated rings. The van der Waals surface area contributed by atoms with Crippen LogP contribution >= 0.6 is 34.4 Å². The van der Waals surface area contributed by atoms with Crippen molar-refractivity contribution in [2.45, 2.75) is 10.8 Å². The first-order valence-electron chi connectivity index (χ1n) is 6.11. The SMILES string of the molecule is CN(C)c1nnc(SCCNCCc2ccsc2)s1. The van der Waals surface area contributed by atoms with Gasteiger partial charge in [0.1, 0.15) is 0 Å². The Morgan fingerprint density at radius 3 is 2.89 bits per heavy atom. The number of thioether (sulfide) groups is 1. The standard InChI is InChI=1S/C12H18N4S3/c1-16(2)11-14-15-12(19-11)18-8-6-13-5-3-10-4-7-17-9-10/h4,7,9,13H,3,5-6,8H2,1-2H3. The lowest BCUT2D eigenvalue weighted by Crippen LogP contribution is -2.19. The first-order valence-corrected chi connectivity index (χ1v) is 8.85. The van der Waals surface area contributed by atoms with Gasteiger partial charge in [-0.3, -0.25) is 0 Å². The van der Waals surface area contributed by atoms with E-state index in [9.17, 15) is 0 Å². The van der Waals surface area contributed by atoms with Crippen molar-refractivity contribution < 1.29 is 0 Å². The van der Waals surface area contributed by atoms with Gasteiger partial charge in [-0.05, 0) is 35.4 Å². The van der Waals surface area contributed by atoms with Gasteiger partial charge in [0.25, 0.3) is 0 Å². The first-order chi connectivity index (χ1) is 9.25. The Kier molecular flexibility index (Phi) is 6.09. The number of nitrogens with zero attached hydrogens (tertiary/aromatic N) is 3. The van der Waals surface area contributed by atoms with Gasteiger partial charge in [-0.15, -0.1) is 10.2 Å². The van der Waals surface area contributed by atoms with Crippen LogP contribution in [-0.2, 0) is 6.42 Å². The zero-order chi connectivity index (χ0) is 13.5. The van der Waals surface area contributed by atoms with Crippen LogP contribution in [0.2, 0.25) is 0 Å². The van der Waals surface area contributed by atoms with E-state index >= 15 is 0 Å². The normalized spacial score (nSPS) is 10.8. The average molecular weight is 315 g/mol. The van der Waals surface area contributed by atoms with E-state index in [1.807, 2.05) is 19.0 Å².